The Labute approximate surface area is 124 Å². The van der Waals surface area contributed by atoms with Gasteiger partial charge in [-0.3, -0.25) is 0 Å². The van der Waals surface area contributed by atoms with Crippen LogP contribution in [0.1, 0.15) is 5.56 Å². The molecule has 104 valence electrons. The molecule has 2 nitrogen and oxygen atoms in total. The van der Waals surface area contributed by atoms with Crippen LogP contribution in [0.5, 0.6) is 11.5 Å². The van der Waals surface area contributed by atoms with Crippen molar-refractivity contribution in [3.8, 4) is 11.5 Å². The lowest BCUT2D eigenvalue weighted by atomic mass is 10.2. The molecule has 6 heteroatoms. The average molecular weight is 311 g/mol. The minimum absolute atomic E-state index is 0.0539. The predicted molar refractivity (Wildman–Crippen MR) is 80.5 cm³/mol. The lowest BCUT2D eigenvalue weighted by Gasteiger charge is -2.13. The summed E-state index contributed by atoms with van der Waals surface area (Å²) < 4.78 is 31.8. The summed E-state index contributed by atoms with van der Waals surface area (Å²) in [5.41, 5.74) is 6.25. The summed E-state index contributed by atoms with van der Waals surface area (Å²) in [6.45, 7) is 0. The van der Waals surface area contributed by atoms with Crippen LogP contribution < -0.4 is 10.5 Å². The first-order chi connectivity index (χ1) is 9.51. The van der Waals surface area contributed by atoms with Crippen LogP contribution in [-0.4, -0.2) is 11.2 Å². The molecule has 2 aromatic carbocycles. The van der Waals surface area contributed by atoms with E-state index in [2.05, 4.69) is 0 Å². The van der Waals surface area contributed by atoms with Gasteiger partial charge in [-0.2, -0.15) is 0 Å². The maximum atomic E-state index is 13.2. The highest BCUT2D eigenvalue weighted by molar-refractivity contribution is 7.98. The molecule has 0 radical (unpaired) electrons. The first-order valence-electron chi connectivity index (χ1n) is 5.62. The lowest BCUT2D eigenvalue weighted by Crippen LogP contribution is -2.12. The smallest absolute Gasteiger partial charge is 0.138 e. The zero-order valence-corrected chi connectivity index (χ0v) is 12.2. The molecular formula is C14H11F2NOS2. The summed E-state index contributed by atoms with van der Waals surface area (Å²) in [6.07, 6.45) is 1.88. The Morgan fingerprint density at radius 1 is 1.20 bits per heavy atom. The van der Waals surface area contributed by atoms with Gasteiger partial charge >= 0.3 is 0 Å². The van der Waals surface area contributed by atoms with Crippen LogP contribution in [0.15, 0.2) is 41.3 Å². The summed E-state index contributed by atoms with van der Waals surface area (Å²) in [7, 11) is 0. The number of rotatable bonds is 4. The Bertz CT molecular complexity index is 641. The fourth-order valence-electron chi connectivity index (χ4n) is 1.72. The van der Waals surface area contributed by atoms with Crippen molar-refractivity contribution in [3.05, 3.63) is 53.6 Å². The summed E-state index contributed by atoms with van der Waals surface area (Å²) in [6, 6.07) is 8.23. The van der Waals surface area contributed by atoms with Gasteiger partial charge in [0.2, 0.25) is 0 Å². The van der Waals surface area contributed by atoms with Crippen LogP contribution in [0.3, 0.4) is 0 Å². The van der Waals surface area contributed by atoms with E-state index < -0.39 is 11.6 Å². The summed E-state index contributed by atoms with van der Waals surface area (Å²) in [4.78, 5) is 1.01. The number of hydrogen-bond donors (Lipinski definition) is 1. The number of thiocarbonyl (C=S) groups is 1. The van der Waals surface area contributed by atoms with E-state index in [0.717, 1.165) is 23.1 Å². The van der Waals surface area contributed by atoms with E-state index in [4.69, 9.17) is 22.7 Å². The average Bonchev–Trinajstić information content (AvgIpc) is 2.36. The van der Waals surface area contributed by atoms with Gasteiger partial charge in [0.05, 0.1) is 5.56 Å². The van der Waals surface area contributed by atoms with Crippen LogP contribution in [0.2, 0.25) is 0 Å². The second-order valence-corrected chi connectivity index (χ2v) is 5.19. The standard InChI is InChI=1S/C14H11F2NOS2/c1-20-12-4-2-3-11(13(12)14(17)19)18-10-6-8(15)5-9(16)7-10/h2-7H,1H3,(H2,17,19). The fourth-order valence-corrected chi connectivity index (χ4v) is 2.63. The van der Waals surface area contributed by atoms with Crippen molar-refractivity contribution in [3.63, 3.8) is 0 Å². The highest BCUT2D eigenvalue weighted by Crippen LogP contribution is 2.32. The number of halogens is 2. The van der Waals surface area contributed by atoms with Crippen LogP contribution in [0.4, 0.5) is 8.78 Å². The number of hydrogen-bond acceptors (Lipinski definition) is 3. The third kappa shape index (κ3) is 3.26. The number of benzene rings is 2. The summed E-state index contributed by atoms with van der Waals surface area (Å²) in [5.74, 6) is -0.997. The molecule has 0 spiro atoms. The van der Waals surface area contributed by atoms with Gasteiger partial charge in [0, 0.05) is 23.1 Å². The molecule has 0 saturated carbocycles. The normalized spacial score (nSPS) is 10.3. The number of nitrogens with two attached hydrogens (primary N) is 1. The lowest BCUT2D eigenvalue weighted by molar-refractivity contribution is 0.466. The van der Waals surface area contributed by atoms with Gasteiger partial charge in [-0.25, -0.2) is 8.78 Å². The van der Waals surface area contributed by atoms with E-state index in [-0.39, 0.29) is 10.7 Å². The third-order valence-corrected chi connectivity index (χ3v) is 3.50. The molecule has 0 atom stereocenters. The van der Waals surface area contributed by atoms with Crippen molar-refractivity contribution in [2.75, 3.05) is 6.26 Å². The van der Waals surface area contributed by atoms with Crippen molar-refractivity contribution in [2.24, 2.45) is 5.73 Å². The van der Waals surface area contributed by atoms with Gasteiger partial charge < -0.3 is 10.5 Å². The van der Waals surface area contributed by atoms with Gasteiger partial charge in [-0.15, -0.1) is 11.8 Å². The van der Waals surface area contributed by atoms with Crippen molar-refractivity contribution >= 4 is 29.0 Å². The van der Waals surface area contributed by atoms with E-state index >= 15 is 0 Å². The largest absolute Gasteiger partial charge is 0.456 e. The molecule has 0 aromatic heterocycles. The van der Waals surface area contributed by atoms with Gasteiger partial charge in [-0.05, 0) is 18.4 Å². The molecule has 0 saturated heterocycles. The Kier molecular flexibility index (Phi) is 4.57. The first-order valence-corrected chi connectivity index (χ1v) is 7.25. The predicted octanol–water partition coefficient (Wildman–Crippen LogP) is 4.11. The van der Waals surface area contributed by atoms with Crippen LogP contribution in [0, 0.1) is 11.6 Å². The van der Waals surface area contributed by atoms with E-state index in [0.29, 0.717) is 11.3 Å². The van der Waals surface area contributed by atoms with Gasteiger partial charge in [0.15, 0.2) is 0 Å². The molecule has 0 fully saturated rings. The molecule has 0 bridgehead atoms. The van der Waals surface area contributed by atoms with Gasteiger partial charge in [-0.1, -0.05) is 18.3 Å². The van der Waals surface area contributed by atoms with E-state index in [1.807, 2.05) is 12.3 Å². The Morgan fingerprint density at radius 3 is 2.40 bits per heavy atom. The van der Waals surface area contributed by atoms with Crippen LogP contribution in [-0.2, 0) is 0 Å². The van der Waals surface area contributed by atoms with Crippen molar-refractivity contribution < 1.29 is 13.5 Å². The molecule has 0 amide bonds. The Morgan fingerprint density at radius 2 is 1.85 bits per heavy atom. The van der Waals surface area contributed by atoms with Crippen molar-refractivity contribution in [1.29, 1.82) is 0 Å². The van der Waals surface area contributed by atoms with Gasteiger partial charge in [0.25, 0.3) is 0 Å². The quantitative estimate of drug-likeness (QED) is 0.681. The molecule has 2 N–H and O–H groups in total. The monoisotopic (exact) mass is 311 g/mol. The highest BCUT2D eigenvalue weighted by atomic mass is 32.2. The third-order valence-electron chi connectivity index (χ3n) is 2.52. The minimum Gasteiger partial charge on any atom is -0.456 e. The maximum absolute atomic E-state index is 13.2. The number of ether oxygens (including phenoxy) is 1. The van der Waals surface area contributed by atoms with E-state index in [9.17, 15) is 8.78 Å². The molecule has 0 aliphatic carbocycles. The van der Waals surface area contributed by atoms with Crippen molar-refractivity contribution in [1.82, 2.24) is 0 Å². The van der Waals surface area contributed by atoms with Crippen molar-refractivity contribution in [2.45, 2.75) is 4.90 Å². The maximum Gasteiger partial charge on any atom is 0.138 e. The van der Waals surface area contributed by atoms with E-state index in [1.54, 1.807) is 12.1 Å². The first kappa shape index (κ1) is 14.7. The SMILES string of the molecule is CSc1cccc(Oc2cc(F)cc(F)c2)c1C(N)=S. The fraction of sp³-hybridized carbons (Fsp3) is 0.0714. The molecule has 2 aromatic rings. The second kappa shape index (κ2) is 6.19. The van der Waals surface area contributed by atoms with Crippen LogP contribution in [0.25, 0.3) is 0 Å². The zero-order valence-electron chi connectivity index (χ0n) is 10.5. The summed E-state index contributed by atoms with van der Waals surface area (Å²) in [5, 5.41) is 0. The topological polar surface area (TPSA) is 35.2 Å². The molecule has 2 rings (SSSR count). The van der Waals surface area contributed by atoms with Gasteiger partial charge in [0.1, 0.15) is 28.1 Å². The molecule has 0 heterocycles. The summed E-state index contributed by atoms with van der Waals surface area (Å²) >= 11 is 6.47. The van der Waals surface area contributed by atoms with E-state index in [1.165, 1.54) is 11.8 Å². The minimum atomic E-state index is -0.710. The molecule has 20 heavy (non-hydrogen) atoms. The molecule has 0 aliphatic heterocycles. The zero-order chi connectivity index (χ0) is 14.7. The molecule has 0 aliphatic rings. The molecule has 0 unspecified atom stereocenters. The Hall–Kier alpha value is -1.66. The molecular weight excluding hydrogens is 300 g/mol. The highest BCUT2D eigenvalue weighted by Gasteiger charge is 2.13. The number of thioether (sulfide) groups is 1. The van der Waals surface area contributed by atoms with Crippen LogP contribution >= 0.6 is 24.0 Å². The Balaban J connectivity index is 2.45. The second-order valence-electron chi connectivity index (χ2n) is 3.90.